The fourth-order valence-electron chi connectivity index (χ4n) is 1.95. The van der Waals surface area contributed by atoms with Crippen molar-refractivity contribution < 1.29 is 0 Å². The molecule has 0 fully saturated rings. The van der Waals surface area contributed by atoms with E-state index >= 15 is 0 Å². The minimum Gasteiger partial charge on any atom is -0.397 e. The third kappa shape index (κ3) is 1.61. The number of rotatable bonds is 1. The van der Waals surface area contributed by atoms with Crippen LogP contribution in [0.2, 0.25) is 0 Å². The molecule has 3 rings (SSSR count). The Morgan fingerprint density at radius 3 is 2.71 bits per heavy atom. The van der Waals surface area contributed by atoms with Crippen LogP contribution in [0.1, 0.15) is 0 Å². The summed E-state index contributed by atoms with van der Waals surface area (Å²) in [4.78, 5) is 8.57. The van der Waals surface area contributed by atoms with Crippen LogP contribution in [0.25, 0.3) is 22.0 Å². The molecule has 0 atom stereocenters. The molecule has 0 unspecified atom stereocenters. The number of hydrogen-bond acceptors (Lipinski definition) is 3. The van der Waals surface area contributed by atoms with Gasteiger partial charge >= 0.3 is 0 Å². The highest BCUT2D eigenvalue weighted by molar-refractivity contribution is 5.97. The van der Waals surface area contributed by atoms with Crippen molar-refractivity contribution >= 4 is 16.5 Å². The first-order valence-corrected chi connectivity index (χ1v) is 5.40. The summed E-state index contributed by atoms with van der Waals surface area (Å²) in [7, 11) is 0. The Hall–Kier alpha value is -2.42. The molecular weight excluding hydrogens is 210 g/mol. The predicted molar refractivity (Wildman–Crippen MR) is 69.4 cm³/mol. The van der Waals surface area contributed by atoms with Gasteiger partial charge in [-0.3, -0.25) is 9.97 Å². The number of benzene rings is 1. The Morgan fingerprint density at radius 1 is 0.941 bits per heavy atom. The van der Waals surface area contributed by atoms with Crippen LogP contribution in [0.3, 0.4) is 0 Å². The second-order valence-corrected chi connectivity index (χ2v) is 3.85. The molecule has 0 aliphatic carbocycles. The molecule has 17 heavy (non-hydrogen) atoms. The zero-order chi connectivity index (χ0) is 11.7. The van der Waals surface area contributed by atoms with E-state index in [1.165, 1.54) is 0 Å². The van der Waals surface area contributed by atoms with Crippen molar-refractivity contribution in [3.05, 3.63) is 55.0 Å². The Bertz CT molecular complexity index is 672. The van der Waals surface area contributed by atoms with Crippen LogP contribution in [0.15, 0.2) is 55.0 Å². The standard InChI is InChI=1S/C14H11N3/c15-13-6-3-7-17-14(13)12-9-16-8-10-4-1-2-5-11(10)12/h1-9H,15H2. The summed E-state index contributed by atoms with van der Waals surface area (Å²) < 4.78 is 0. The second-order valence-electron chi connectivity index (χ2n) is 3.85. The van der Waals surface area contributed by atoms with Crippen LogP contribution in [0.5, 0.6) is 0 Å². The molecule has 1 aromatic carbocycles. The van der Waals surface area contributed by atoms with Gasteiger partial charge < -0.3 is 5.73 Å². The highest BCUT2D eigenvalue weighted by Crippen LogP contribution is 2.29. The fourth-order valence-corrected chi connectivity index (χ4v) is 1.95. The molecule has 0 radical (unpaired) electrons. The van der Waals surface area contributed by atoms with Crippen molar-refractivity contribution in [2.75, 3.05) is 5.73 Å². The zero-order valence-electron chi connectivity index (χ0n) is 9.17. The van der Waals surface area contributed by atoms with Crippen molar-refractivity contribution in [3.63, 3.8) is 0 Å². The number of hydrogen-bond donors (Lipinski definition) is 1. The molecule has 0 bridgehead atoms. The molecule has 2 aromatic heterocycles. The molecule has 0 saturated heterocycles. The normalized spacial score (nSPS) is 10.6. The van der Waals surface area contributed by atoms with Gasteiger partial charge in [0.25, 0.3) is 0 Å². The van der Waals surface area contributed by atoms with E-state index < -0.39 is 0 Å². The lowest BCUT2D eigenvalue weighted by Gasteiger charge is -2.07. The maximum atomic E-state index is 5.95. The van der Waals surface area contributed by atoms with E-state index in [9.17, 15) is 0 Å². The van der Waals surface area contributed by atoms with E-state index in [0.717, 1.165) is 22.0 Å². The number of fused-ring (bicyclic) bond motifs is 1. The van der Waals surface area contributed by atoms with Crippen molar-refractivity contribution in [3.8, 4) is 11.3 Å². The molecule has 2 N–H and O–H groups in total. The summed E-state index contributed by atoms with van der Waals surface area (Å²) >= 11 is 0. The molecule has 2 heterocycles. The van der Waals surface area contributed by atoms with Gasteiger partial charge in [0, 0.05) is 29.5 Å². The summed E-state index contributed by atoms with van der Waals surface area (Å²) in [6.07, 6.45) is 5.40. The van der Waals surface area contributed by atoms with Gasteiger partial charge in [-0.05, 0) is 17.5 Å². The molecule has 0 amide bonds. The predicted octanol–water partition coefficient (Wildman–Crippen LogP) is 2.88. The summed E-state index contributed by atoms with van der Waals surface area (Å²) in [6.45, 7) is 0. The lowest BCUT2D eigenvalue weighted by Crippen LogP contribution is -1.93. The minimum absolute atomic E-state index is 0.672. The van der Waals surface area contributed by atoms with Crippen molar-refractivity contribution in [2.45, 2.75) is 0 Å². The van der Waals surface area contributed by atoms with Crippen molar-refractivity contribution in [2.24, 2.45) is 0 Å². The highest BCUT2D eigenvalue weighted by atomic mass is 14.7. The molecule has 0 spiro atoms. The van der Waals surface area contributed by atoms with Gasteiger partial charge in [-0.2, -0.15) is 0 Å². The van der Waals surface area contributed by atoms with Crippen LogP contribution < -0.4 is 5.73 Å². The first-order valence-electron chi connectivity index (χ1n) is 5.40. The Balaban J connectivity index is 2.35. The fraction of sp³-hybridized carbons (Fsp3) is 0. The van der Waals surface area contributed by atoms with Crippen LogP contribution in [-0.2, 0) is 0 Å². The number of aromatic nitrogens is 2. The molecule has 0 aliphatic rings. The topological polar surface area (TPSA) is 51.8 Å². The lowest BCUT2D eigenvalue weighted by atomic mass is 10.0. The van der Waals surface area contributed by atoms with Gasteiger partial charge in [-0.25, -0.2) is 0 Å². The number of anilines is 1. The lowest BCUT2D eigenvalue weighted by molar-refractivity contribution is 1.30. The smallest absolute Gasteiger partial charge is 0.0952 e. The summed E-state index contributed by atoms with van der Waals surface area (Å²) in [6, 6.07) is 11.8. The molecule has 3 heteroatoms. The molecule has 0 saturated carbocycles. The number of nitrogens with zero attached hydrogens (tertiary/aromatic N) is 2. The van der Waals surface area contributed by atoms with Gasteiger partial charge in [0.2, 0.25) is 0 Å². The third-order valence-electron chi connectivity index (χ3n) is 2.76. The average molecular weight is 221 g/mol. The van der Waals surface area contributed by atoms with E-state index in [1.54, 1.807) is 12.4 Å². The highest BCUT2D eigenvalue weighted by Gasteiger charge is 2.07. The SMILES string of the molecule is Nc1cccnc1-c1cncc2ccccc12. The van der Waals surface area contributed by atoms with Gasteiger partial charge in [0.15, 0.2) is 0 Å². The van der Waals surface area contributed by atoms with Crippen molar-refractivity contribution in [1.82, 2.24) is 9.97 Å². The van der Waals surface area contributed by atoms with Gasteiger partial charge in [0.1, 0.15) is 0 Å². The van der Waals surface area contributed by atoms with Crippen molar-refractivity contribution in [1.29, 1.82) is 0 Å². The third-order valence-corrected chi connectivity index (χ3v) is 2.76. The van der Waals surface area contributed by atoms with Gasteiger partial charge in [-0.1, -0.05) is 24.3 Å². The zero-order valence-corrected chi connectivity index (χ0v) is 9.17. The minimum atomic E-state index is 0.672. The van der Waals surface area contributed by atoms with Crippen LogP contribution in [0, 0.1) is 0 Å². The number of nitrogens with two attached hydrogens (primary N) is 1. The quantitative estimate of drug-likeness (QED) is 0.687. The molecule has 0 aliphatic heterocycles. The Labute approximate surface area is 98.9 Å². The Morgan fingerprint density at radius 2 is 1.82 bits per heavy atom. The second kappa shape index (κ2) is 3.87. The molecular formula is C14H11N3. The van der Waals surface area contributed by atoms with E-state index in [2.05, 4.69) is 16.0 Å². The number of nitrogen functional groups attached to an aromatic ring is 1. The molecule has 3 nitrogen and oxygen atoms in total. The maximum Gasteiger partial charge on any atom is 0.0952 e. The van der Waals surface area contributed by atoms with Crippen LogP contribution in [-0.4, -0.2) is 9.97 Å². The Kier molecular flexibility index (Phi) is 2.22. The van der Waals surface area contributed by atoms with E-state index in [-0.39, 0.29) is 0 Å². The largest absolute Gasteiger partial charge is 0.397 e. The summed E-state index contributed by atoms with van der Waals surface area (Å²) in [5, 5.41) is 2.21. The number of pyridine rings is 2. The van der Waals surface area contributed by atoms with Gasteiger partial charge in [-0.15, -0.1) is 0 Å². The van der Waals surface area contributed by atoms with E-state index in [1.807, 2.05) is 36.5 Å². The first kappa shape index (κ1) is 9.78. The van der Waals surface area contributed by atoms with E-state index in [4.69, 9.17) is 5.73 Å². The average Bonchev–Trinajstić information content (AvgIpc) is 2.39. The molecule has 82 valence electrons. The monoisotopic (exact) mass is 221 g/mol. The van der Waals surface area contributed by atoms with E-state index in [0.29, 0.717) is 5.69 Å². The maximum absolute atomic E-state index is 5.95. The molecule has 3 aromatic rings. The van der Waals surface area contributed by atoms with Crippen LogP contribution in [0.4, 0.5) is 5.69 Å². The summed E-state index contributed by atoms with van der Waals surface area (Å²) in [5.41, 5.74) is 8.39. The van der Waals surface area contributed by atoms with Gasteiger partial charge in [0.05, 0.1) is 11.4 Å². The van der Waals surface area contributed by atoms with Crippen LogP contribution >= 0.6 is 0 Å². The first-order chi connectivity index (χ1) is 8.36. The summed E-state index contributed by atoms with van der Waals surface area (Å²) in [5.74, 6) is 0.